The molecule has 0 spiro atoms. The summed E-state index contributed by atoms with van der Waals surface area (Å²) in [7, 11) is 1.96. The van der Waals surface area contributed by atoms with Crippen molar-refractivity contribution in [1.82, 2.24) is 5.32 Å². The summed E-state index contributed by atoms with van der Waals surface area (Å²) in [6, 6.07) is 14.6. The van der Waals surface area contributed by atoms with Gasteiger partial charge in [0.15, 0.2) is 0 Å². The molecule has 0 radical (unpaired) electrons. The van der Waals surface area contributed by atoms with Crippen molar-refractivity contribution in [3.8, 4) is 0 Å². The molecule has 142 valence electrons. The van der Waals surface area contributed by atoms with Crippen molar-refractivity contribution in [2.24, 2.45) is 0 Å². The summed E-state index contributed by atoms with van der Waals surface area (Å²) < 4.78 is 0. The highest BCUT2D eigenvalue weighted by molar-refractivity contribution is 5.95. The van der Waals surface area contributed by atoms with Crippen molar-refractivity contribution >= 4 is 23.0 Å². The molecular formula is C20H24N4O3. The lowest BCUT2D eigenvalue weighted by Crippen LogP contribution is -2.33. The second kappa shape index (κ2) is 8.53. The van der Waals surface area contributed by atoms with Crippen molar-refractivity contribution in [3.63, 3.8) is 0 Å². The number of hydrogen-bond acceptors (Lipinski definition) is 5. The highest BCUT2D eigenvalue weighted by Gasteiger charge is 2.23. The van der Waals surface area contributed by atoms with E-state index in [0.717, 1.165) is 31.6 Å². The van der Waals surface area contributed by atoms with Crippen LogP contribution < -0.4 is 15.1 Å². The lowest BCUT2D eigenvalue weighted by molar-refractivity contribution is -0.384. The smallest absolute Gasteiger partial charge is 0.293 e. The molecule has 1 heterocycles. The third-order valence-electron chi connectivity index (χ3n) is 4.81. The standard InChI is InChI=1S/C20H24N4O3/c1-22(17-7-3-2-4-8-17)14-11-21-20(25)16-9-10-18(19(15-16)24(26)27)23-12-5-6-13-23/h2-4,7-10,15H,5-6,11-14H2,1H3,(H,21,25). The van der Waals surface area contributed by atoms with E-state index < -0.39 is 4.92 Å². The first kappa shape index (κ1) is 18.7. The van der Waals surface area contributed by atoms with Crippen LogP contribution in [0.1, 0.15) is 23.2 Å². The van der Waals surface area contributed by atoms with Gasteiger partial charge in [-0.15, -0.1) is 0 Å². The minimum atomic E-state index is -0.409. The van der Waals surface area contributed by atoms with Crippen molar-refractivity contribution in [3.05, 3.63) is 64.2 Å². The van der Waals surface area contributed by atoms with Gasteiger partial charge < -0.3 is 15.1 Å². The lowest BCUT2D eigenvalue weighted by atomic mass is 10.1. The van der Waals surface area contributed by atoms with Crippen molar-refractivity contribution in [2.45, 2.75) is 12.8 Å². The number of carbonyl (C=O) groups excluding carboxylic acids is 1. The molecule has 2 aromatic rings. The first-order chi connectivity index (χ1) is 13.1. The number of rotatable bonds is 7. The maximum absolute atomic E-state index is 12.4. The van der Waals surface area contributed by atoms with Gasteiger partial charge in [-0.3, -0.25) is 14.9 Å². The molecule has 0 unspecified atom stereocenters. The van der Waals surface area contributed by atoms with Crippen LogP contribution >= 0.6 is 0 Å². The van der Waals surface area contributed by atoms with Crippen LogP contribution in [0.15, 0.2) is 48.5 Å². The predicted octanol–water partition coefficient (Wildman–Crippen LogP) is 3.06. The lowest BCUT2D eigenvalue weighted by Gasteiger charge is -2.20. The molecule has 2 aromatic carbocycles. The van der Waals surface area contributed by atoms with Crippen molar-refractivity contribution in [1.29, 1.82) is 0 Å². The molecule has 1 saturated heterocycles. The molecule has 1 fully saturated rings. The van der Waals surface area contributed by atoms with Crippen LogP contribution in [0.4, 0.5) is 17.1 Å². The van der Waals surface area contributed by atoms with E-state index in [2.05, 4.69) is 5.32 Å². The number of nitrogens with zero attached hydrogens (tertiary/aromatic N) is 3. The van der Waals surface area contributed by atoms with Crippen LogP contribution in [0, 0.1) is 10.1 Å². The fraction of sp³-hybridized carbons (Fsp3) is 0.350. The number of para-hydroxylation sites is 1. The van der Waals surface area contributed by atoms with Crippen molar-refractivity contribution in [2.75, 3.05) is 43.0 Å². The average molecular weight is 368 g/mol. The Bertz CT molecular complexity index is 804. The Morgan fingerprint density at radius 1 is 1.19 bits per heavy atom. The Kier molecular flexibility index (Phi) is 5.90. The zero-order valence-electron chi connectivity index (χ0n) is 15.4. The van der Waals surface area contributed by atoms with Crippen LogP contribution in [-0.4, -0.2) is 44.1 Å². The highest BCUT2D eigenvalue weighted by Crippen LogP contribution is 2.31. The fourth-order valence-corrected chi connectivity index (χ4v) is 3.29. The number of anilines is 2. The summed E-state index contributed by atoms with van der Waals surface area (Å²) in [6.07, 6.45) is 2.07. The number of nitro benzene ring substituents is 1. The van der Waals surface area contributed by atoms with Crippen LogP contribution in [0.2, 0.25) is 0 Å². The summed E-state index contributed by atoms with van der Waals surface area (Å²) in [6.45, 7) is 2.73. The topological polar surface area (TPSA) is 78.7 Å². The van der Waals surface area contributed by atoms with E-state index in [-0.39, 0.29) is 11.6 Å². The van der Waals surface area contributed by atoms with E-state index in [9.17, 15) is 14.9 Å². The Balaban J connectivity index is 1.62. The maximum Gasteiger partial charge on any atom is 0.293 e. The van der Waals surface area contributed by atoms with E-state index in [0.29, 0.717) is 24.3 Å². The molecule has 27 heavy (non-hydrogen) atoms. The molecule has 1 amide bonds. The molecule has 3 rings (SSSR count). The Morgan fingerprint density at radius 3 is 2.56 bits per heavy atom. The maximum atomic E-state index is 12.4. The first-order valence-corrected chi connectivity index (χ1v) is 9.14. The molecular weight excluding hydrogens is 344 g/mol. The number of amides is 1. The highest BCUT2D eigenvalue weighted by atomic mass is 16.6. The SMILES string of the molecule is CN(CCNC(=O)c1ccc(N2CCCC2)c([N+](=O)[O-])c1)c1ccccc1. The van der Waals surface area contributed by atoms with E-state index in [1.54, 1.807) is 12.1 Å². The summed E-state index contributed by atoms with van der Waals surface area (Å²) in [5, 5.41) is 14.3. The van der Waals surface area contributed by atoms with Crippen LogP contribution in [0.3, 0.4) is 0 Å². The molecule has 1 N–H and O–H groups in total. The van der Waals surface area contributed by atoms with E-state index in [1.807, 2.05) is 47.2 Å². The molecule has 0 bridgehead atoms. The van der Waals surface area contributed by atoms with Gasteiger partial charge in [0.25, 0.3) is 11.6 Å². The normalized spacial score (nSPS) is 13.4. The first-order valence-electron chi connectivity index (χ1n) is 9.14. The number of benzene rings is 2. The molecule has 0 saturated carbocycles. The fourth-order valence-electron chi connectivity index (χ4n) is 3.29. The number of likely N-dealkylation sites (N-methyl/N-ethyl adjacent to an activating group) is 1. The predicted molar refractivity (Wildman–Crippen MR) is 107 cm³/mol. The van der Waals surface area contributed by atoms with Gasteiger partial charge in [0.2, 0.25) is 0 Å². The van der Waals surface area contributed by atoms with Crippen LogP contribution in [0.25, 0.3) is 0 Å². The number of nitro groups is 1. The molecule has 1 aliphatic rings. The minimum Gasteiger partial charge on any atom is -0.373 e. The molecule has 7 heteroatoms. The third-order valence-corrected chi connectivity index (χ3v) is 4.81. The van der Waals surface area contributed by atoms with Gasteiger partial charge in [0.1, 0.15) is 5.69 Å². The summed E-state index contributed by atoms with van der Waals surface area (Å²) >= 11 is 0. The van der Waals surface area contributed by atoms with Gasteiger partial charge in [-0.05, 0) is 37.1 Å². The van der Waals surface area contributed by atoms with E-state index in [4.69, 9.17) is 0 Å². The molecule has 0 atom stereocenters. The third kappa shape index (κ3) is 4.55. The zero-order chi connectivity index (χ0) is 19.2. The quantitative estimate of drug-likeness (QED) is 0.600. The number of nitrogens with one attached hydrogen (secondary N) is 1. The molecule has 1 aliphatic heterocycles. The van der Waals surface area contributed by atoms with Crippen LogP contribution in [-0.2, 0) is 0 Å². The van der Waals surface area contributed by atoms with Gasteiger partial charge in [-0.1, -0.05) is 18.2 Å². The number of hydrogen-bond donors (Lipinski definition) is 1. The second-order valence-electron chi connectivity index (χ2n) is 6.67. The van der Waals surface area contributed by atoms with Gasteiger partial charge in [-0.2, -0.15) is 0 Å². The van der Waals surface area contributed by atoms with Crippen LogP contribution in [0.5, 0.6) is 0 Å². The zero-order valence-corrected chi connectivity index (χ0v) is 15.4. The second-order valence-corrected chi connectivity index (χ2v) is 6.67. The monoisotopic (exact) mass is 368 g/mol. The summed E-state index contributed by atoms with van der Waals surface area (Å²) in [5.74, 6) is -0.299. The largest absolute Gasteiger partial charge is 0.373 e. The van der Waals surface area contributed by atoms with Gasteiger partial charge >= 0.3 is 0 Å². The van der Waals surface area contributed by atoms with Gasteiger partial charge in [-0.25, -0.2) is 0 Å². The van der Waals surface area contributed by atoms with Gasteiger partial charge in [0, 0.05) is 50.5 Å². The number of carbonyl (C=O) groups is 1. The average Bonchev–Trinajstić information content (AvgIpc) is 3.22. The Morgan fingerprint density at radius 2 is 1.89 bits per heavy atom. The summed E-state index contributed by atoms with van der Waals surface area (Å²) in [5.41, 5.74) is 1.97. The van der Waals surface area contributed by atoms with Crippen molar-refractivity contribution < 1.29 is 9.72 Å². The van der Waals surface area contributed by atoms with Gasteiger partial charge in [0.05, 0.1) is 4.92 Å². The van der Waals surface area contributed by atoms with E-state index >= 15 is 0 Å². The molecule has 0 aromatic heterocycles. The van der Waals surface area contributed by atoms with E-state index in [1.165, 1.54) is 6.07 Å². The Hall–Kier alpha value is -3.09. The minimum absolute atomic E-state index is 0.00838. The molecule has 0 aliphatic carbocycles. The Labute approximate surface area is 158 Å². The molecule has 7 nitrogen and oxygen atoms in total. The summed E-state index contributed by atoms with van der Waals surface area (Å²) in [4.78, 5) is 27.5.